The van der Waals surface area contributed by atoms with Crippen LogP contribution in [0, 0.1) is 6.92 Å². The summed E-state index contributed by atoms with van der Waals surface area (Å²) in [6, 6.07) is 15.8. The highest BCUT2D eigenvalue weighted by Crippen LogP contribution is 2.37. The van der Waals surface area contributed by atoms with E-state index in [1.807, 2.05) is 19.1 Å². The summed E-state index contributed by atoms with van der Waals surface area (Å²) in [5.74, 6) is -2.47. The van der Waals surface area contributed by atoms with Crippen LogP contribution in [-0.2, 0) is 4.79 Å². The van der Waals surface area contributed by atoms with Gasteiger partial charge in [-0.15, -0.1) is 17.9 Å². The molecular formula is C25H21NO5S. The lowest BCUT2D eigenvalue weighted by Gasteiger charge is -2.21. The molecule has 0 saturated heterocycles. The molecule has 0 aliphatic heterocycles. The van der Waals surface area contributed by atoms with Crippen LogP contribution in [0.1, 0.15) is 31.2 Å². The number of benzene rings is 2. The maximum atomic E-state index is 13.2. The van der Waals surface area contributed by atoms with E-state index in [9.17, 15) is 19.5 Å². The molecule has 6 nitrogen and oxygen atoms in total. The summed E-state index contributed by atoms with van der Waals surface area (Å²) in [6.07, 6.45) is 4.07. The number of hydrogen-bond donors (Lipinski definition) is 2. The van der Waals surface area contributed by atoms with Crippen molar-refractivity contribution in [3.05, 3.63) is 94.9 Å². The van der Waals surface area contributed by atoms with Crippen LogP contribution < -0.4 is 4.90 Å². The van der Waals surface area contributed by atoms with Gasteiger partial charge < -0.3 is 15.1 Å². The van der Waals surface area contributed by atoms with E-state index >= 15 is 0 Å². The molecule has 7 heteroatoms. The molecule has 1 amide bonds. The van der Waals surface area contributed by atoms with Gasteiger partial charge in [0.2, 0.25) is 0 Å². The van der Waals surface area contributed by atoms with Crippen LogP contribution >= 0.6 is 11.3 Å². The molecule has 3 aromatic rings. The summed E-state index contributed by atoms with van der Waals surface area (Å²) >= 11 is 1.07. The zero-order valence-corrected chi connectivity index (χ0v) is 18.1. The van der Waals surface area contributed by atoms with E-state index in [4.69, 9.17) is 5.11 Å². The van der Waals surface area contributed by atoms with E-state index in [1.165, 1.54) is 11.0 Å². The van der Waals surface area contributed by atoms with Crippen LogP contribution in [-0.4, -0.2) is 34.6 Å². The van der Waals surface area contributed by atoms with Gasteiger partial charge in [0.05, 0.1) is 5.69 Å². The van der Waals surface area contributed by atoms with Gasteiger partial charge in [-0.1, -0.05) is 48.0 Å². The van der Waals surface area contributed by atoms with E-state index in [2.05, 4.69) is 6.58 Å². The van der Waals surface area contributed by atoms with Gasteiger partial charge in [0, 0.05) is 23.1 Å². The number of hydrogen-bond acceptors (Lipinski definition) is 4. The number of carboxylic acid groups (broad SMARTS) is 2. The van der Waals surface area contributed by atoms with Crippen molar-refractivity contribution >= 4 is 40.9 Å². The number of aliphatic carboxylic acids is 1. The van der Waals surface area contributed by atoms with Crippen molar-refractivity contribution in [1.82, 2.24) is 0 Å². The zero-order valence-electron chi connectivity index (χ0n) is 17.3. The number of carbonyl (C=O) groups is 3. The van der Waals surface area contributed by atoms with Crippen molar-refractivity contribution in [3.63, 3.8) is 0 Å². The van der Waals surface area contributed by atoms with Crippen LogP contribution in [0.3, 0.4) is 0 Å². The molecule has 0 unspecified atom stereocenters. The zero-order chi connectivity index (χ0) is 23.3. The summed E-state index contributed by atoms with van der Waals surface area (Å²) in [4.78, 5) is 38.0. The number of carbonyl (C=O) groups excluding carboxylic acids is 1. The monoisotopic (exact) mass is 447 g/mol. The Morgan fingerprint density at radius 2 is 1.69 bits per heavy atom. The minimum Gasteiger partial charge on any atom is -0.478 e. The Bertz CT molecular complexity index is 1190. The van der Waals surface area contributed by atoms with Gasteiger partial charge >= 0.3 is 11.9 Å². The fourth-order valence-electron chi connectivity index (χ4n) is 3.08. The number of carboxylic acids is 2. The summed E-state index contributed by atoms with van der Waals surface area (Å²) in [6.45, 7) is 5.79. The van der Waals surface area contributed by atoms with Crippen LogP contribution in [0.4, 0.5) is 5.69 Å². The van der Waals surface area contributed by atoms with Gasteiger partial charge in [0.15, 0.2) is 0 Å². The fourth-order valence-corrected chi connectivity index (χ4v) is 4.08. The SMILES string of the molecule is C=CCN(C(=O)c1ccc(C)cc1)c1cc(-c2ccc(C=CC(=O)O)cc2)sc1C(=O)O. The first-order valence-corrected chi connectivity index (χ1v) is 10.5. The van der Waals surface area contributed by atoms with Gasteiger partial charge in [0.25, 0.3) is 5.91 Å². The van der Waals surface area contributed by atoms with Gasteiger partial charge in [-0.25, -0.2) is 9.59 Å². The smallest absolute Gasteiger partial charge is 0.348 e. The first kappa shape index (κ1) is 22.7. The molecular weight excluding hydrogens is 426 g/mol. The standard InChI is InChI=1S/C25H21NO5S/c1-3-14-26(24(29)19-9-4-16(2)5-10-19)20-15-21(32-23(20)25(30)31)18-11-6-17(7-12-18)8-13-22(27)28/h3-13,15H,1,14H2,2H3,(H,27,28)(H,30,31). The highest BCUT2D eigenvalue weighted by molar-refractivity contribution is 7.18. The molecule has 2 aromatic carbocycles. The predicted molar refractivity (Wildman–Crippen MR) is 126 cm³/mol. The van der Waals surface area contributed by atoms with Crippen LogP contribution in [0.5, 0.6) is 0 Å². The molecule has 0 saturated carbocycles. The van der Waals surface area contributed by atoms with Crippen molar-refractivity contribution in [2.45, 2.75) is 6.92 Å². The molecule has 0 bridgehead atoms. The van der Waals surface area contributed by atoms with Crippen molar-refractivity contribution in [3.8, 4) is 10.4 Å². The van der Waals surface area contributed by atoms with Gasteiger partial charge in [-0.05, 0) is 42.3 Å². The fraction of sp³-hybridized carbons (Fsp3) is 0.0800. The van der Waals surface area contributed by atoms with E-state index in [1.54, 1.807) is 48.5 Å². The number of aromatic carboxylic acids is 1. The topological polar surface area (TPSA) is 94.9 Å². The molecule has 0 aliphatic rings. The van der Waals surface area contributed by atoms with Crippen LogP contribution in [0.25, 0.3) is 16.5 Å². The Kier molecular flexibility index (Phi) is 7.02. The maximum Gasteiger partial charge on any atom is 0.348 e. The second-order valence-electron chi connectivity index (χ2n) is 6.99. The molecule has 0 fully saturated rings. The Morgan fingerprint density at radius 1 is 1.03 bits per heavy atom. The van der Waals surface area contributed by atoms with Crippen LogP contribution in [0.15, 0.2) is 73.3 Å². The number of anilines is 1. The van der Waals surface area contributed by atoms with E-state index in [0.717, 1.165) is 28.5 Å². The van der Waals surface area contributed by atoms with Crippen molar-refractivity contribution in [2.24, 2.45) is 0 Å². The van der Waals surface area contributed by atoms with E-state index in [0.29, 0.717) is 21.7 Å². The van der Waals surface area contributed by atoms with Crippen molar-refractivity contribution in [2.75, 3.05) is 11.4 Å². The lowest BCUT2D eigenvalue weighted by atomic mass is 10.1. The van der Waals surface area contributed by atoms with Crippen molar-refractivity contribution in [1.29, 1.82) is 0 Å². The van der Waals surface area contributed by atoms with E-state index < -0.39 is 11.9 Å². The van der Waals surface area contributed by atoms with Gasteiger partial charge in [0.1, 0.15) is 4.88 Å². The van der Waals surface area contributed by atoms with Gasteiger partial charge in [-0.2, -0.15) is 0 Å². The number of aryl methyl sites for hydroxylation is 1. The van der Waals surface area contributed by atoms with Crippen LogP contribution in [0.2, 0.25) is 0 Å². The minimum absolute atomic E-state index is 0.0529. The molecule has 0 spiro atoms. The molecule has 2 N–H and O–H groups in total. The Morgan fingerprint density at radius 3 is 2.25 bits per heavy atom. The molecule has 162 valence electrons. The quantitative estimate of drug-likeness (QED) is 0.358. The summed E-state index contributed by atoms with van der Waals surface area (Å²) in [5.41, 5.74) is 3.24. The second kappa shape index (κ2) is 9.89. The number of thiophene rings is 1. The summed E-state index contributed by atoms with van der Waals surface area (Å²) in [5, 5.41) is 18.5. The third-order valence-corrected chi connectivity index (χ3v) is 5.83. The maximum absolute atomic E-state index is 13.2. The number of nitrogens with zero attached hydrogens (tertiary/aromatic N) is 1. The van der Waals surface area contributed by atoms with Crippen molar-refractivity contribution < 1.29 is 24.6 Å². The average molecular weight is 448 g/mol. The van der Waals surface area contributed by atoms with E-state index in [-0.39, 0.29) is 17.3 Å². The largest absolute Gasteiger partial charge is 0.478 e. The summed E-state index contributed by atoms with van der Waals surface area (Å²) in [7, 11) is 0. The number of rotatable bonds is 8. The third kappa shape index (κ3) is 5.19. The highest BCUT2D eigenvalue weighted by atomic mass is 32.1. The normalized spacial score (nSPS) is 10.8. The Hall–Kier alpha value is -3.97. The van der Waals surface area contributed by atoms with Gasteiger partial charge in [-0.3, -0.25) is 4.79 Å². The molecule has 0 atom stereocenters. The lowest BCUT2D eigenvalue weighted by molar-refractivity contribution is -0.131. The average Bonchev–Trinajstić information content (AvgIpc) is 3.22. The molecule has 0 aliphatic carbocycles. The second-order valence-corrected chi connectivity index (χ2v) is 8.05. The Balaban J connectivity index is 2.00. The first-order valence-electron chi connectivity index (χ1n) is 9.68. The molecule has 1 aromatic heterocycles. The number of amides is 1. The first-order chi connectivity index (χ1) is 15.3. The minimum atomic E-state index is -1.12. The molecule has 32 heavy (non-hydrogen) atoms. The highest BCUT2D eigenvalue weighted by Gasteiger charge is 2.25. The predicted octanol–water partition coefficient (Wildman–Crippen LogP) is 5.35. The molecule has 0 radical (unpaired) electrons. The Labute approximate surface area is 189 Å². The lowest BCUT2D eigenvalue weighted by Crippen LogP contribution is -2.31. The third-order valence-electron chi connectivity index (χ3n) is 4.67. The molecule has 1 heterocycles. The summed E-state index contributed by atoms with van der Waals surface area (Å²) < 4.78 is 0. The molecule has 3 rings (SSSR count).